The first-order chi connectivity index (χ1) is 13.8. The molecule has 3 heterocycles. The first kappa shape index (κ1) is 17.8. The summed E-state index contributed by atoms with van der Waals surface area (Å²) in [6, 6.07) is 15.8. The minimum atomic E-state index is -0.0437. The molecule has 1 aliphatic heterocycles. The summed E-state index contributed by atoms with van der Waals surface area (Å²) in [5, 5.41) is 4.08. The third kappa shape index (κ3) is 3.55. The summed E-state index contributed by atoms with van der Waals surface area (Å²) in [6.07, 6.45) is 2.07. The summed E-state index contributed by atoms with van der Waals surface area (Å²) < 4.78 is 4.22. The molecule has 0 atom stereocenters. The Labute approximate surface area is 174 Å². The van der Waals surface area contributed by atoms with Gasteiger partial charge in [-0.3, -0.25) is 4.79 Å². The minimum Gasteiger partial charge on any atom is -0.325 e. The molecule has 0 bridgehead atoms. The number of thiazole rings is 1. The van der Waals surface area contributed by atoms with Crippen molar-refractivity contribution in [1.82, 2.24) is 14.5 Å². The summed E-state index contributed by atoms with van der Waals surface area (Å²) in [5.74, 6) is 1.35. The molecule has 0 unspecified atom stereocenters. The Morgan fingerprint density at radius 1 is 1.14 bits per heavy atom. The number of carbonyl (C=O) groups excluding carboxylic acids is 1. The van der Waals surface area contributed by atoms with Gasteiger partial charge in [-0.15, -0.1) is 11.3 Å². The van der Waals surface area contributed by atoms with Gasteiger partial charge in [-0.05, 0) is 18.2 Å². The van der Waals surface area contributed by atoms with E-state index in [9.17, 15) is 4.79 Å². The number of aryl methyl sites for hydroxylation is 1. The molecule has 0 saturated carbocycles. The van der Waals surface area contributed by atoms with Crippen LogP contribution in [-0.2, 0) is 11.3 Å². The minimum absolute atomic E-state index is 0.0437. The number of imidazole rings is 1. The van der Waals surface area contributed by atoms with Crippen LogP contribution in [0.2, 0.25) is 0 Å². The number of rotatable bonds is 5. The van der Waals surface area contributed by atoms with E-state index in [1.165, 1.54) is 11.8 Å². The zero-order valence-corrected chi connectivity index (χ0v) is 17.2. The zero-order chi connectivity index (χ0) is 18.9. The van der Waals surface area contributed by atoms with Gasteiger partial charge < -0.3 is 9.88 Å². The van der Waals surface area contributed by atoms with Crippen LogP contribution >= 0.6 is 34.9 Å². The summed E-state index contributed by atoms with van der Waals surface area (Å²) >= 11 is 4.85. The maximum absolute atomic E-state index is 12.5. The van der Waals surface area contributed by atoms with Gasteiger partial charge in [0.05, 0.1) is 27.4 Å². The first-order valence-corrected chi connectivity index (χ1v) is 11.6. The van der Waals surface area contributed by atoms with Crippen molar-refractivity contribution in [3.63, 3.8) is 0 Å². The maximum atomic E-state index is 12.5. The molecule has 0 fully saturated rings. The van der Waals surface area contributed by atoms with Crippen LogP contribution in [0.4, 0.5) is 5.69 Å². The molecule has 28 heavy (non-hydrogen) atoms. The van der Waals surface area contributed by atoms with E-state index in [0.717, 1.165) is 49.0 Å². The third-order valence-electron chi connectivity index (χ3n) is 4.38. The van der Waals surface area contributed by atoms with E-state index < -0.39 is 0 Å². The van der Waals surface area contributed by atoms with Crippen LogP contribution in [0.3, 0.4) is 0 Å². The van der Waals surface area contributed by atoms with E-state index in [1.54, 1.807) is 23.1 Å². The van der Waals surface area contributed by atoms with Gasteiger partial charge in [0.25, 0.3) is 0 Å². The molecule has 1 N–H and O–H groups in total. The highest BCUT2D eigenvalue weighted by Gasteiger charge is 2.17. The fraction of sp³-hybridized carbons (Fsp3) is 0.150. The van der Waals surface area contributed by atoms with Gasteiger partial charge in [0.15, 0.2) is 9.50 Å². The largest absolute Gasteiger partial charge is 0.325 e. The Morgan fingerprint density at radius 2 is 2.00 bits per heavy atom. The Kier molecular flexibility index (Phi) is 4.84. The number of aromatic nitrogens is 3. The van der Waals surface area contributed by atoms with Crippen molar-refractivity contribution in [3.05, 3.63) is 54.7 Å². The second-order valence-corrected chi connectivity index (χ2v) is 9.60. The third-order valence-corrected chi connectivity index (χ3v) is 7.53. The van der Waals surface area contributed by atoms with Crippen molar-refractivity contribution in [1.29, 1.82) is 0 Å². The molecule has 8 heteroatoms. The fourth-order valence-electron chi connectivity index (χ4n) is 3.08. The number of para-hydroxylation sites is 2. The summed E-state index contributed by atoms with van der Waals surface area (Å²) in [5.41, 5.74) is 3.62. The van der Waals surface area contributed by atoms with Crippen molar-refractivity contribution < 1.29 is 4.79 Å². The van der Waals surface area contributed by atoms with E-state index in [-0.39, 0.29) is 5.91 Å². The average Bonchev–Trinajstić information content (AvgIpc) is 3.40. The molecule has 0 radical (unpaired) electrons. The highest BCUT2D eigenvalue weighted by molar-refractivity contribution is 8.01. The van der Waals surface area contributed by atoms with Gasteiger partial charge in [0, 0.05) is 24.1 Å². The normalized spacial score (nSPS) is 13.0. The molecular weight excluding hydrogens is 408 g/mol. The van der Waals surface area contributed by atoms with Crippen LogP contribution in [0.1, 0.15) is 0 Å². The highest BCUT2D eigenvalue weighted by Crippen LogP contribution is 2.33. The molecule has 0 spiro atoms. The van der Waals surface area contributed by atoms with Gasteiger partial charge in [-0.1, -0.05) is 53.9 Å². The molecule has 4 aromatic rings. The van der Waals surface area contributed by atoms with Gasteiger partial charge >= 0.3 is 0 Å². The van der Waals surface area contributed by atoms with Crippen molar-refractivity contribution in [2.24, 2.45) is 0 Å². The van der Waals surface area contributed by atoms with Crippen LogP contribution in [0.5, 0.6) is 0 Å². The molecule has 0 aliphatic carbocycles. The van der Waals surface area contributed by atoms with Crippen molar-refractivity contribution in [2.45, 2.75) is 16.0 Å². The van der Waals surface area contributed by atoms with Crippen LogP contribution in [0.25, 0.3) is 21.5 Å². The fourth-order valence-corrected chi connectivity index (χ4v) is 5.89. The first-order valence-electron chi connectivity index (χ1n) is 8.84. The van der Waals surface area contributed by atoms with Crippen LogP contribution in [0.15, 0.2) is 64.2 Å². The second-order valence-electron chi connectivity index (χ2n) is 6.28. The number of hydrogen-bond acceptors (Lipinski definition) is 6. The Balaban J connectivity index is 1.29. The highest BCUT2D eigenvalue weighted by atomic mass is 32.2. The quantitative estimate of drug-likeness (QED) is 0.457. The number of hydrogen-bond donors (Lipinski definition) is 1. The molecule has 1 aliphatic rings. The van der Waals surface area contributed by atoms with Gasteiger partial charge in [-0.2, -0.15) is 0 Å². The van der Waals surface area contributed by atoms with Crippen molar-refractivity contribution in [2.75, 3.05) is 16.8 Å². The standard InChI is InChI=1S/C20H16N4OS3/c25-18(12-27-20-23-15-7-3-4-8-17(15)28-20)21-14-6-2-1-5-13(14)16-11-24-9-10-26-19(24)22-16/h1-8,11H,9-10,12H2,(H,21,25). The summed E-state index contributed by atoms with van der Waals surface area (Å²) in [6.45, 7) is 0.986. The maximum Gasteiger partial charge on any atom is 0.234 e. The lowest BCUT2D eigenvalue weighted by Gasteiger charge is -2.09. The van der Waals surface area contributed by atoms with Gasteiger partial charge in [0.2, 0.25) is 5.91 Å². The van der Waals surface area contributed by atoms with Crippen molar-refractivity contribution in [3.8, 4) is 11.3 Å². The van der Waals surface area contributed by atoms with E-state index >= 15 is 0 Å². The van der Waals surface area contributed by atoms with Crippen molar-refractivity contribution >= 4 is 56.7 Å². The van der Waals surface area contributed by atoms with E-state index in [4.69, 9.17) is 4.98 Å². The summed E-state index contributed by atoms with van der Waals surface area (Å²) in [4.78, 5) is 21.8. The number of amides is 1. The molecule has 140 valence electrons. The van der Waals surface area contributed by atoms with Gasteiger partial charge in [-0.25, -0.2) is 9.97 Å². The Bertz CT molecular complexity index is 1110. The topological polar surface area (TPSA) is 59.8 Å². The number of nitrogens with zero attached hydrogens (tertiary/aromatic N) is 3. The number of thioether (sulfide) groups is 2. The molecule has 5 nitrogen and oxygen atoms in total. The van der Waals surface area contributed by atoms with E-state index in [0.29, 0.717) is 5.75 Å². The van der Waals surface area contributed by atoms with Crippen LogP contribution < -0.4 is 5.32 Å². The molecule has 0 saturated heterocycles. The van der Waals surface area contributed by atoms with E-state index in [1.807, 2.05) is 48.5 Å². The molecular formula is C20H16N4OS3. The SMILES string of the molecule is O=C(CSc1nc2ccccc2s1)Nc1ccccc1-c1cn2c(n1)SCC2. The monoisotopic (exact) mass is 424 g/mol. The van der Waals surface area contributed by atoms with E-state index in [2.05, 4.69) is 21.1 Å². The lowest BCUT2D eigenvalue weighted by atomic mass is 10.1. The number of nitrogens with one attached hydrogen (secondary N) is 1. The number of benzene rings is 2. The average molecular weight is 425 g/mol. The molecule has 5 rings (SSSR count). The molecule has 2 aromatic heterocycles. The van der Waals surface area contributed by atoms with Crippen LogP contribution in [0, 0.1) is 0 Å². The molecule has 2 aromatic carbocycles. The predicted octanol–water partition coefficient (Wildman–Crippen LogP) is 5.00. The number of carbonyl (C=O) groups is 1. The smallest absolute Gasteiger partial charge is 0.234 e. The molecule has 1 amide bonds. The number of anilines is 1. The number of fused-ring (bicyclic) bond motifs is 2. The zero-order valence-electron chi connectivity index (χ0n) is 14.8. The van der Waals surface area contributed by atoms with Gasteiger partial charge in [0.1, 0.15) is 0 Å². The predicted molar refractivity (Wildman–Crippen MR) is 117 cm³/mol. The Morgan fingerprint density at radius 3 is 2.89 bits per heavy atom. The lowest BCUT2D eigenvalue weighted by molar-refractivity contribution is -0.113. The van der Waals surface area contributed by atoms with Crippen LogP contribution in [-0.4, -0.2) is 31.9 Å². The second kappa shape index (κ2) is 7.62. The summed E-state index contributed by atoms with van der Waals surface area (Å²) in [7, 11) is 0. The Hall–Kier alpha value is -2.29. The lowest BCUT2D eigenvalue weighted by Crippen LogP contribution is -2.14.